The van der Waals surface area contributed by atoms with Gasteiger partial charge in [0.25, 0.3) is 0 Å². The highest BCUT2D eigenvalue weighted by Crippen LogP contribution is 2.24. The maximum atomic E-state index is 12.4. The SMILES string of the molecule is CC(C)C(=O)N1CCC(S(=O)(=O)c2ccccc2)C1. The molecule has 1 unspecified atom stereocenters. The predicted octanol–water partition coefficient (Wildman–Crippen LogP) is 1.72. The van der Waals surface area contributed by atoms with E-state index in [0.717, 1.165) is 0 Å². The lowest BCUT2D eigenvalue weighted by atomic mass is 10.2. The molecule has 0 aliphatic carbocycles. The Kier molecular flexibility index (Phi) is 3.94. The van der Waals surface area contributed by atoms with Crippen molar-refractivity contribution in [1.82, 2.24) is 4.90 Å². The third-order valence-electron chi connectivity index (χ3n) is 3.46. The second-order valence-corrected chi connectivity index (χ2v) is 7.44. The maximum Gasteiger partial charge on any atom is 0.225 e. The van der Waals surface area contributed by atoms with Crippen LogP contribution in [-0.2, 0) is 14.6 Å². The number of hydrogen-bond acceptors (Lipinski definition) is 3. The lowest BCUT2D eigenvalue weighted by Crippen LogP contribution is -2.34. The van der Waals surface area contributed by atoms with Crippen LogP contribution in [0, 0.1) is 5.92 Å². The van der Waals surface area contributed by atoms with Crippen LogP contribution in [0.5, 0.6) is 0 Å². The smallest absolute Gasteiger partial charge is 0.225 e. The van der Waals surface area contributed by atoms with Crippen LogP contribution in [0.15, 0.2) is 35.2 Å². The van der Waals surface area contributed by atoms with Crippen LogP contribution in [0.3, 0.4) is 0 Å². The number of benzene rings is 1. The van der Waals surface area contributed by atoms with Crippen molar-refractivity contribution in [2.45, 2.75) is 30.4 Å². The van der Waals surface area contributed by atoms with Gasteiger partial charge in [-0.05, 0) is 18.6 Å². The van der Waals surface area contributed by atoms with E-state index in [4.69, 9.17) is 0 Å². The van der Waals surface area contributed by atoms with Gasteiger partial charge in [0.2, 0.25) is 5.91 Å². The first-order valence-electron chi connectivity index (χ1n) is 6.50. The number of hydrogen-bond donors (Lipinski definition) is 0. The molecule has 0 saturated carbocycles. The van der Waals surface area contributed by atoms with Gasteiger partial charge in [0.1, 0.15) is 0 Å². The van der Waals surface area contributed by atoms with Gasteiger partial charge in [0, 0.05) is 19.0 Å². The Labute approximate surface area is 114 Å². The molecule has 1 saturated heterocycles. The second-order valence-electron chi connectivity index (χ2n) is 5.21. The van der Waals surface area contributed by atoms with E-state index in [9.17, 15) is 13.2 Å². The summed E-state index contributed by atoms with van der Waals surface area (Å²) < 4.78 is 24.9. The molecule has 19 heavy (non-hydrogen) atoms. The molecule has 1 heterocycles. The molecule has 2 rings (SSSR count). The van der Waals surface area contributed by atoms with Crippen molar-refractivity contribution in [2.75, 3.05) is 13.1 Å². The fourth-order valence-electron chi connectivity index (χ4n) is 2.35. The molecule has 1 atom stereocenters. The minimum atomic E-state index is -3.32. The van der Waals surface area contributed by atoms with Gasteiger partial charge < -0.3 is 4.90 Å². The maximum absolute atomic E-state index is 12.4. The molecular formula is C14H19NO3S. The quantitative estimate of drug-likeness (QED) is 0.847. The van der Waals surface area contributed by atoms with Crippen molar-refractivity contribution in [3.63, 3.8) is 0 Å². The Morgan fingerprint density at radius 3 is 2.47 bits per heavy atom. The van der Waals surface area contributed by atoms with Crippen LogP contribution in [-0.4, -0.2) is 37.6 Å². The van der Waals surface area contributed by atoms with Crippen molar-refractivity contribution in [3.8, 4) is 0 Å². The number of amides is 1. The summed E-state index contributed by atoms with van der Waals surface area (Å²) in [6, 6.07) is 8.46. The fourth-order valence-corrected chi connectivity index (χ4v) is 4.06. The van der Waals surface area contributed by atoms with Gasteiger partial charge in [0.05, 0.1) is 10.1 Å². The van der Waals surface area contributed by atoms with Gasteiger partial charge in [-0.3, -0.25) is 4.79 Å². The monoisotopic (exact) mass is 281 g/mol. The lowest BCUT2D eigenvalue weighted by Gasteiger charge is -2.18. The molecule has 1 aliphatic heterocycles. The molecule has 104 valence electrons. The summed E-state index contributed by atoms with van der Waals surface area (Å²) in [7, 11) is -3.32. The predicted molar refractivity (Wildman–Crippen MR) is 73.5 cm³/mol. The number of carbonyl (C=O) groups is 1. The Morgan fingerprint density at radius 1 is 1.26 bits per heavy atom. The molecule has 1 aromatic rings. The average molecular weight is 281 g/mol. The molecule has 0 bridgehead atoms. The molecule has 0 spiro atoms. The van der Waals surface area contributed by atoms with Crippen molar-refractivity contribution in [1.29, 1.82) is 0 Å². The Hall–Kier alpha value is -1.36. The first-order valence-corrected chi connectivity index (χ1v) is 8.05. The van der Waals surface area contributed by atoms with Crippen molar-refractivity contribution >= 4 is 15.7 Å². The zero-order valence-corrected chi connectivity index (χ0v) is 12.1. The number of carbonyl (C=O) groups excluding carboxylic acids is 1. The van der Waals surface area contributed by atoms with Crippen LogP contribution < -0.4 is 0 Å². The van der Waals surface area contributed by atoms with Gasteiger partial charge in [-0.1, -0.05) is 32.0 Å². The van der Waals surface area contributed by atoms with Gasteiger partial charge in [-0.2, -0.15) is 0 Å². The van der Waals surface area contributed by atoms with Crippen LogP contribution >= 0.6 is 0 Å². The zero-order valence-electron chi connectivity index (χ0n) is 11.2. The topological polar surface area (TPSA) is 54.5 Å². The first-order chi connectivity index (χ1) is 8.93. The first kappa shape index (κ1) is 14.1. The van der Waals surface area contributed by atoms with E-state index in [2.05, 4.69) is 0 Å². The normalized spacial score (nSPS) is 19.9. The van der Waals surface area contributed by atoms with Crippen molar-refractivity contribution < 1.29 is 13.2 Å². The van der Waals surface area contributed by atoms with E-state index in [0.29, 0.717) is 24.4 Å². The molecular weight excluding hydrogens is 262 g/mol. The molecule has 0 aromatic heterocycles. The minimum Gasteiger partial charge on any atom is -0.341 e. The number of sulfone groups is 1. The molecule has 0 N–H and O–H groups in total. The highest BCUT2D eigenvalue weighted by Gasteiger charge is 2.36. The number of rotatable bonds is 3. The summed E-state index contributed by atoms with van der Waals surface area (Å²) in [5.74, 6) is -0.0519. The van der Waals surface area contributed by atoms with Gasteiger partial charge in [0.15, 0.2) is 9.84 Å². The van der Waals surface area contributed by atoms with E-state index in [1.54, 1.807) is 35.2 Å². The van der Waals surface area contributed by atoms with E-state index in [1.807, 2.05) is 13.8 Å². The molecule has 5 heteroatoms. The Morgan fingerprint density at radius 2 is 1.89 bits per heavy atom. The summed E-state index contributed by atoms with van der Waals surface area (Å²) in [4.78, 5) is 13.9. The third-order valence-corrected chi connectivity index (χ3v) is 5.65. The van der Waals surface area contributed by atoms with Crippen LogP contribution in [0.2, 0.25) is 0 Å². The average Bonchev–Trinajstić information content (AvgIpc) is 2.89. The van der Waals surface area contributed by atoms with Crippen molar-refractivity contribution in [2.24, 2.45) is 5.92 Å². The van der Waals surface area contributed by atoms with Gasteiger partial charge >= 0.3 is 0 Å². The Balaban J connectivity index is 2.15. The van der Waals surface area contributed by atoms with E-state index in [-0.39, 0.29) is 11.8 Å². The minimum absolute atomic E-state index is 0.0331. The zero-order chi connectivity index (χ0) is 14.0. The summed E-state index contributed by atoms with van der Waals surface area (Å²) in [5.41, 5.74) is 0. The third kappa shape index (κ3) is 2.81. The van der Waals surface area contributed by atoms with E-state index < -0.39 is 15.1 Å². The largest absolute Gasteiger partial charge is 0.341 e. The van der Waals surface area contributed by atoms with Crippen LogP contribution in [0.25, 0.3) is 0 Å². The second kappa shape index (κ2) is 5.33. The standard InChI is InChI=1S/C14H19NO3S/c1-11(2)14(16)15-9-8-13(10-15)19(17,18)12-6-4-3-5-7-12/h3-7,11,13H,8-10H2,1-2H3. The van der Waals surface area contributed by atoms with Crippen LogP contribution in [0.4, 0.5) is 0 Å². The van der Waals surface area contributed by atoms with Gasteiger partial charge in [-0.15, -0.1) is 0 Å². The lowest BCUT2D eigenvalue weighted by molar-refractivity contribution is -0.133. The molecule has 4 nitrogen and oxygen atoms in total. The number of likely N-dealkylation sites (tertiary alicyclic amines) is 1. The van der Waals surface area contributed by atoms with E-state index in [1.165, 1.54) is 0 Å². The molecule has 1 aromatic carbocycles. The molecule has 1 fully saturated rings. The van der Waals surface area contributed by atoms with Crippen molar-refractivity contribution in [3.05, 3.63) is 30.3 Å². The highest BCUT2D eigenvalue weighted by molar-refractivity contribution is 7.92. The summed E-state index contributed by atoms with van der Waals surface area (Å²) in [6.45, 7) is 4.52. The van der Waals surface area contributed by atoms with Gasteiger partial charge in [-0.25, -0.2) is 8.42 Å². The van der Waals surface area contributed by atoms with E-state index >= 15 is 0 Å². The number of nitrogens with zero attached hydrogens (tertiary/aromatic N) is 1. The fraction of sp³-hybridized carbons (Fsp3) is 0.500. The highest BCUT2D eigenvalue weighted by atomic mass is 32.2. The summed E-state index contributed by atoms with van der Waals surface area (Å²) in [6.07, 6.45) is 0.523. The van der Waals surface area contributed by atoms with Crippen LogP contribution in [0.1, 0.15) is 20.3 Å². The molecule has 1 aliphatic rings. The molecule has 0 radical (unpaired) electrons. The molecule has 1 amide bonds. The summed E-state index contributed by atoms with van der Waals surface area (Å²) in [5, 5.41) is -0.474. The summed E-state index contributed by atoms with van der Waals surface area (Å²) >= 11 is 0. The Bertz CT molecular complexity index is 551.